The van der Waals surface area contributed by atoms with E-state index in [0.717, 1.165) is 33.2 Å². The molecule has 0 atom stereocenters. The number of nitrogens with one attached hydrogen (secondary N) is 1. The fourth-order valence-electron chi connectivity index (χ4n) is 2.58. The molecule has 1 aromatic heterocycles. The molecular weight excluding hydrogens is 256 g/mol. The zero-order valence-corrected chi connectivity index (χ0v) is 11.5. The van der Waals surface area contributed by atoms with Crippen molar-refractivity contribution >= 4 is 33.2 Å². The summed E-state index contributed by atoms with van der Waals surface area (Å²) in [7, 11) is 0. The molecule has 3 aromatic carbocycles. The van der Waals surface area contributed by atoms with E-state index >= 15 is 0 Å². The van der Waals surface area contributed by atoms with Crippen LogP contribution in [0.5, 0.6) is 0 Å². The highest BCUT2D eigenvalue weighted by atomic mass is 14.9. The van der Waals surface area contributed by atoms with E-state index in [9.17, 15) is 0 Å². The van der Waals surface area contributed by atoms with Crippen LogP contribution in [0.1, 0.15) is 0 Å². The number of para-hydroxylation sites is 2. The summed E-state index contributed by atoms with van der Waals surface area (Å²) in [6.07, 6.45) is 0. The van der Waals surface area contributed by atoms with Crippen molar-refractivity contribution in [2.24, 2.45) is 0 Å². The zero-order valence-electron chi connectivity index (χ0n) is 11.5. The van der Waals surface area contributed by atoms with Crippen LogP contribution in [0.2, 0.25) is 0 Å². The van der Waals surface area contributed by atoms with E-state index in [4.69, 9.17) is 4.98 Å². The van der Waals surface area contributed by atoms with E-state index in [-0.39, 0.29) is 0 Å². The topological polar surface area (TPSA) is 24.9 Å². The van der Waals surface area contributed by atoms with Crippen LogP contribution in [-0.4, -0.2) is 4.98 Å². The standard InChI is InChI=1S/C19H14N2/c1-2-8-15(9-3-1)20-18-11-6-12-19-16(18)13-14-7-4-5-10-17(14)21-19/h1-13,20H. The summed E-state index contributed by atoms with van der Waals surface area (Å²) in [6, 6.07) is 26.8. The van der Waals surface area contributed by atoms with Gasteiger partial charge in [0.1, 0.15) is 0 Å². The van der Waals surface area contributed by atoms with Gasteiger partial charge in [-0.15, -0.1) is 0 Å². The second kappa shape index (κ2) is 4.91. The van der Waals surface area contributed by atoms with Gasteiger partial charge >= 0.3 is 0 Å². The van der Waals surface area contributed by atoms with E-state index in [1.54, 1.807) is 0 Å². The molecule has 2 nitrogen and oxygen atoms in total. The normalized spacial score (nSPS) is 10.9. The first-order valence-corrected chi connectivity index (χ1v) is 7.01. The Bertz CT molecular complexity index is 914. The fraction of sp³-hybridized carbons (Fsp3) is 0. The molecule has 0 unspecified atom stereocenters. The smallest absolute Gasteiger partial charge is 0.0730 e. The van der Waals surface area contributed by atoms with E-state index < -0.39 is 0 Å². The Labute approximate surface area is 123 Å². The molecule has 0 spiro atoms. The highest BCUT2D eigenvalue weighted by Crippen LogP contribution is 2.28. The van der Waals surface area contributed by atoms with Crippen LogP contribution in [0, 0.1) is 0 Å². The van der Waals surface area contributed by atoms with Gasteiger partial charge < -0.3 is 5.32 Å². The van der Waals surface area contributed by atoms with Gasteiger partial charge in [0.25, 0.3) is 0 Å². The molecule has 21 heavy (non-hydrogen) atoms. The molecule has 4 rings (SSSR count). The Morgan fingerprint density at radius 2 is 1.43 bits per heavy atom. The predicted molar refractivity (Wildman–Crippen MR) is 89.0 cm³/mol. The molecule has 0 aliphatic heterocycles. The Kier molecular flexibility index (Phi) is 2.79. The number of aromatic nitrogens is 1. The zero-order chi connectivity index (χ0) is 14.1. The first-order chi connectivity index (χ1) is 10.4. The minimum Gasteiger partial charge on any atom is -0.355 e. The summed E-state index contributed by atoms with van der Waals surface area (Å²) in [5, 5.41) is 5.77. The first kappa shape index (κ1) is 11.9. The highest BCUT2D eigenvalue weighted by Gasteiger charge is 2.04. The molecule has 0 saturated carbocycles. The Balaban J connectivity index is 1.90. The number of hydrogen-bond acceptors (Lipinski definition) is 2. The fourth-order valence-corrected chi connectivity index (χ4v) is 2.58. The van der Waals surface area contributed by atoms with Gasteiger partial charge in [-0.05, 0) is 36.4 Å². The Hall–Kier alpha value is -2.87. The maximum absolute atomic E-state index is 4.74. The molecule has 2 heteroatoms. The summed E-state index contributed by atoms with van der Waals surface area (Å²) >= 11 is 0. The van der Waals surface area contributed by atoms with Crippen LogP contribution in [0.4, 0.5) is 11.4 Å². The van der Waals surface area contributed by atoms with E-state index in [1.807, 2.05) is 42.5 Å². The third-order valence-corrected chi connectivity index (χ3v) is 3.61. The number of anilines is 2. The largest absolute Gasteiger partial charge is 0.355 e. The number of pyridine rings is 1. The maximum Gasteiger partial charge on any atom is 0.0730 e. The molecule has 0 saturated heterocycles. The van der Waals surface area contributed by atoms with Crippen molar-refractivity contribution in [3.05, 3.63) is 78.9 Å². The Morgan fingerprint density at radius 3 is 2.33 bits per heavy atom. The van der Waals surface area contributed by atoms with Crippen LogP contribution in [0.3, 0.4) is 0 Å². The van der Waals surface area contributed by atoms with Gasteiger partial charge in [-0.3, -0.25) is 0 Å². The van der Waals surface area contributed by atoms with Crippen molar-refractivity contribution in [1.29, 1.82) is 0 Å². The summed E-state index contributed by atoms with van der Waals surface area (Å²) in [5.41, 5.74) is 4.20. The lowest BCUT2D eigenvalue weighted by molar-refractivity contribution is 1.49. The van der Waals surface area contributed by atoms with Gasteiger partial charge in [-0.25, -0.2) is 4.98 Å². The molecule has 1 heterocycles. The average Bonchev–Trinajstić information content (AvgIpc) is 2.54. The van der Waals surface area contributed by atoms with Gasteiger partial charge in [0.15, 0.2) is 0 Å². The SMILES string of the molecule is c1ccc(Nc2cccc3nc4ccccc4cc23)cc1. The number of fused-ring (bicyclic) bond motifs is 2. The summed E-state index contributed by atoms with van der Waals surface area (Å²) < 4.78 is 0. The molecular formula is C19H14N2. The minimum absolute atomic E-state index is 1.01. The lowest BCUT2D eigenvalue weighted by atomic mass is 10.1. The molecule has 4 aromatic rings. The second-order valence-electron chi connectivity index (χ2n) is 5.04. The van der Waals surface area contributed by atoms with Crippen molar-refractivity contribution in [1.82, 2.24) is 4.98 Å². The van der Waals surface area contributed by atoms with Gasteiger partial charge in [-0.1, -0.05) is 42.5 Å². The number of rotatable bonds is 2. The average molecular weight is 270 g/mol. The van der Waals surface area contributed by atoms with Gasteiger partial charge in [0.2, 0.25) is 0 Å². The minimum atomic E-state index is 1.01. The number of benzene rings is 3. The molecule has 0 aliphatic carbocycles. The summed E-state index contributed by atoms with van der Waals surface area (Å²) in [4.78, 5) is 4.74. The quantitative estimate of drug-likeness (QED) is 0.511. The number of hydrogen-bond donors (Lipinski definition) is 1. The lowest BCUT2D eigenvalue weighted by Crippen LogP contribution is -1.92. The van der Waals surface area contributed by atoms with Crippen molar-refractivity contribution in [3.63, 3.8) is 0 Å². The van der Waals surface area contributed by atoms with Gasteiger partial charge in [-0.2, -0.15) is 0 Å². The monoisotopic (exact) mass is 270 g/mol. The van der Waals surface area contributed by atoms with Crippen LogP contribution < -0.4 is 5.32 Å². The first-order valence-electron chi connectivity index (χ1n) is 7.01. The number of nitrogens with zero attached hydrogens (tertiary/aromatic N) is 1. The van der Waals surface area contributed by atoms with E-state index in [0.29, 0.717) is 0 Å². The lowest BCUT2D eigenvalue weighted by Gasteiger charge is -2.10. The molecule has 0 aliphatic rings. The van der Waals surface area contributed by atoms with Crippen LogP contribution in [0.25, 0.3) is 21.8 Å². The second-order valence-corrected chi connectivity index (χ2v) is 5.04. The van der Waals surface area contributed by atoms with Gasteiger partial charge in [0.05, 0.1) is 11.0 Å². The van der Waals surface area contributed by atoms with Crippen molar-refractivity contribution in [2.45, 2.75) is 0 Å². The highest BCUT2D eigenvalue weighted by molar-refractivity contribution is 6.00. The van der Waals surface area contributed by atoms with Crippen LogP contribution in [-0.2, 0) is 0 Å². The van der Waals surface area contributed by atoms with E-state index in [2.05, 4.69) is 41.7 Å². The van der Waals surface area contributed by atoms with Crippen LogP contribution in [0.15, 0.2) is 78.9 Å². The third kappa shape index (κ3) is 2.21. The molecule has 0 amide bonds. The molecule has 1 N–H and O–H groups in total. The maximum atomic E-state index is 4.74. The summed E-state index contributed by atoms with van der Waals surface area (Å²) in [6.45, 7) is 0. The van der Waals surface area contributed by atoms with E-state index in [1.165, 1.54) is 0 Å². The molecule has 100 valence electrons. The summed E-state index contributed by atoms with van der Waals surface area (Å²) in [5.74, 6) is 0. The molecule has 0 fully saturated rings. The van der Waals surface area contributed by atoms with Crippen molar-refractivity contribution < 1.29 is 0 Å². The van der Waals surface area contributed by atoms with Crippen molar-refractivity contribution in [2.75, 3.05) is 5.32 Å². The van der Waals surface area contributed by atoms with Gasteiger partial charge in [0, 0.05) is 22.1 Å². The predicted octanol–water partition coefficient (Wildman–Crippen LogP) is 5.13. The molecule has 0 bridgehead atoms. The third-order valence-electron chi connectivity index (χ3n) is 3.61. The Morgan fingerprint density at radius 1 is 0.667 bits per heavy atom. The van der Waals surface area contributed by atoms with Crippen LogP contribution >= 0.6 is 0 Å². The molecule has 0 radical (unpaired) electrons. The van der Waals surface area contributed by atoms with Crippen molar-refractivity contribution in [3.8, 4) is 0 Å².